The van der Waals surface area contributed by atoms with Gasteiger partial charge in [-0.2, -0.15) is 0 Å². The lowest BCUT2D eigenvalue weighted by Gasteiger charge is -2.50. The molecule has 162 valence electrons. The lowest BCUT2D eigenvalue weighted by Crippen LogP contribution is -2.50. The van der Waals surface area contributed by atoms with Crippen LogP contribution in [0.1, 0.15) is 39.0 Å². The van der Waals surface area contributed by atoms with Gasteiger partial charge in [-0.1, -0.05) is 19.1 Å². The highest BCUT2D eigenvalue weighted by atomic mass is 19.1. The maximum atomic E-state index is 13.2. The van der Waals surface area contributed by atoms with Crippen molar-refractivity contribution in [2.45, 2.75) is 45.1 Å². The van der Waals surface area contributed by atoms with E-state index in [1.165, 1.54) is 30.5 Å². The molecule has 4 aliphatic rings. The second kappa shape index (κ2) is 7.67. The van der Waals surface area contributed by atoms with E-state index >= 15 is 0 Å². The first-order chi connectivity index (χ1) is 14.4. The van der Waals surface area contributed by atoms with Gasteiger partial charge in [-0.25, -0.2) is 4.39 Å². The minimum Gasteiger partial charge on any atom is -0.462 e. The molecule has 0 N–H and O–H groups in total. The van der Waals surface area contributed by atoms with E-state index in [4.69, 9.17) is 4.74 Å². The molecule has 2 saturated heterocycles. The number of allylic oxidation sites excluding steroid dienone is 1. The zero-order chi connectivity index (χ0) is 20.9. The summed E-state index contributed by atoms with van der Waals surface area (Å²) < 4.78 is 19.1. The molecule has 4 nitrogen and oxygen atoms in total. The molecule has 2 aliphatic carbocycles. The Morgan fingerprint density at radius 3 is 2.67 bits per heavy atom. The van der Waals surface area contributed by atoms with Gasteiger partial charge >= 0.3 is 5.97 Å². The van der Waals surface area contributed by atoms with Gasteiger partial charge < -0.3 is 9.64 Å². The molecule has 0 amide bonds. The highest BCUT2D eigenvalue weighted by molar-refractivity contribution is 5.75. The summed E-state index contributed by atoms with van der Waals surface area (Å²) in [6, 6.07) is 6.73. The molecule has 2 aliphatic heterocycles. The SMILES string of the molecule is C=C1CCC[C@]2(C)C[C@H]3OC(=O)[C@@H](CN4CCN(c5ccc(F)cc5)CC4)[C@H]3C[C@@H]12. The van der Waals surface area contributed by atoms with Crippen molar-refractivity contribution in [3.05, 3.63) is 42.2 Å². The molecule has 1 aromatic rings. The summed E-state index contributed by atoms with van der Waals surface area (Å²) in [7, 11) is 0. The summed E-state index contributed by atoms with van der Waals surface area (Å²) in [6.07, 6.45) is 5.75. The molecule has 5 atom stereocenters. The van der Waals surface area contributed by atoms with Crippen molar-refractivity contribution in [1.82, 2.24) is 4.90 Å². The van der Waals surface area contributed by atoms with Crippen molar-refractivity contribution in [3.8, 4) is 0 Å². The first kappa shape index (κ1) is 20.0. The average Bonchev–Trinajstić information content (AvgIpc) is 3.01. The number of hydrogen-bond donors (Lipinski definition) is 0. The summed E-state index contributed by atoms with van der Waals surface area (Å²) in [5.74, 6) is 0.682. The Hall–Kier alpha value is -1.88. The minimum absolute atomic E-state index is 0.00773. The van der Waals surface area contributed by atoms with Gasteiger partial charge in [-0.3, -0.25) is 9.69 Å². The Morgan fingerprint density at radius 1 is 1.20 bits per heavy atom. The Labute approximate surface area is 179 Å². The molecular weight excluding hydrogens is 379 g/mol. The van der Waals surface area contributed by atoms with Crippen LogP contribution in [0.5, 0.6) is 0 Å². The van der Waals surface area contributed by atoms with E-state index in [2.05, 4.69) is 23.3 Å². The van der Waals surface area contributed by atoms with E-state index in [-0.39, 0.29) is 29.2 Å². The van der Waals surface area contributed by atoms with Crippen molar-refractivity contribution >= 4 is 11.7 Å². The predicted octanol–water partition coefficient (Wildman–Crippen LogP) is 4.26. The summed E-state index contributed by atoms with van der Waals surface area (Å²) in [5.41, 5.74) is 2.72. The molecule has 30 heavy (non-hydrogen) atoms. The number of carbonyl (C=O) groups excluding carboxylic acids is 1. The maximum absolute atomic E-state index is 13.2. The third kappa shape index (κ3) is 3.55. The zero-order valence-electron chi connectivity index (χ0n) is 18.0. The lowest BCUT2D eigenvalue weighted by atomic mass is 9.55. The van der Waals surface area contributed by atoms with Gasteiger partial charge in [0.05, 0.1) is 5.92 Å². The normalized spacial score (nSPS) is 36.9. The Bertz CT molecular complexity index is 817. The number of piperazine rings is 1. The molecule has 5 heteroatoms. The number of benzene rings is 1. The molecule has 0 unspecified atom stereocenters. The van der Waals surface area contributed by atoms with Gasteiger partial charge in [0.15, 0.2) is 0 Å². The van der Waals surface area contributed by atoms with Crippen molar-refractivity contribution in [3.63, 3.8) is 0 Å². The third-order valence-corrected chi connectivity index (χ3v) is 8.34. The van der Waals surface area contributed by atoms with E-state index in [1.807, 2.05) is 12.1 Å². The Morgan fingerprint density at radius 2 is 1.93 bits per heavy atom. The summed E-state index contributed by atoms with van der Waals surface area (Å²) in [6.45, 7) is 11.2. The predicted molar refractivity (Wildman–Crippen MR) is 116 cm³/mol. The highest BCUT2D eigenvalue weighted by Crippen LogP contribution is 2.56. The lowest BCUT2D eigenvalue weighted by molar-refractivity contribution is -0.146. The summed E-state index contributed by atoms with van der Waals surface area (Å²) in [5, 5.41) is 0. The molecule has 2 heterocycles. The number of ether oxygens (including phenoxy) is 1. The van der Waals surface area contributed by atoms with E-state index in [0.29, 0.717) is 11.8 Å². The fourth-order valence-electron chi connectivity index (χ4n) is 6.58. The molecule has 0 spiro atoms. The third-order valence-electron chi connectivity index (χ3n) is 8.34. The molecular formula is C25H33FN2O2. The molecule has 2 saturated carbocycles. The molecule has 1 aromatic carbocycles. The van der Waals surface area contributed by atoms with Gasteiger partial charge in [0.1, 0.15) is 11.9 Å². The number of hydrogen-bond acceptors (Lipinski definition) is 4. The second-order valence-electron chi connectivity index (χ2n) is 10.2. The van der Waals surface area contributed by atoms with Crippen LogP contribution in [0.25, 0.3) is 0 Å². The smallest absolute Gasteiger partial charge is 0.310 e. The van der Waals surface area contributed by atoms with Crippen molar-refractivity contribution in [1.29, 1.82) is 0 Å². The number of carbonyl (C=O) groups is 1. The Kier molecular flexibility index (Phi) is 5.12. The largest absolute Gasteiger partial charge is 0.462 e. The minimum atomic E-state index is -0.198. The quantitative estimate of drug-likeness (QED) is 0.549. The number of esters is 1. The molecule has 5 rings (SSSR count). The number of nitrogens with zero attached hydrogens (tertiary/aromatic N) is 2. The van der Waals surface area contributed by atoms with Crippen LogP contribution in [0.15, 0.2) is 36.4 Å². The monoisotopic (exact) mass is 412 g/mol. The second-order valence-corrected chi connectivity index (χ2v) is 10.2. The van der Waals surface area contributed by atoms with Crippen LogP contribution in [0.2, 0.25) is 0 Å². The van der Waals surface area contributed by atoms with Crippen LogP contribution in [0.4, 0.5) is 10.1 Å². The van der Waals surface area contributed by atoms with Crippen LogP contribution in [0.3, 0.4) is 0 Å². The fourth-order valence-corrected chi connectivity index (χ4v) is 6.58. The number of fused-ring (bicyclic) bond motifs is 2. The standard InChI is InChI=1S/C25H33FN2O2/c1-17-4-3-9-25(2)15-23-20(14-22(17)25)21(24(29)30-23)16-27-10-12-28(13-11-27)19-7-5-18(26)6-8-19/h5-8,20-23H,1,3-4,9-16H2,2H3/t20-,21+,22+,23-,25-/m1/s1. The molecule has 0 radical (unpaired) electrons. The van der Waals surface area contributed by atoms with E-state index in [0.717, 1.165) is 57.7 Å². The van der Waals surface area contributed by atoms with E-state index in [9.17, 15) is 9.18 Å². The molecule has 4 fully saturated rings. The zero-order valence-corrected chi connectivity index (χ0v) is 18.0. The van der Waals surface area contributed by atoms with Gasteiger partial charge in [0.2, 0.25) is 0 Å². The van der Waals surface area contributed by atoms with Crippen molar-refractivity contribution < 1.29 is 13.9 Å². The van der Waals surface area contributed by atoms with Gasteiger partial charge in [0, 0.05) is 44.3 Å². The fraction of sp³-hybridized carbons (Fsp3) is 0.640. The van der Waals surface area contributed by atoms with Crippen LogP contribution in [-0.4, -0.2) is 49.7 Å². The van der Waals surface area contributed by atoms with E-state index < -0.39 is 0 Å². The number of rotatable bonds is 3. The van der Waals surface area contributed by atoms with Crippen molar-refractivity contribution in [2.24, 2.45) is 23.2 Å². The van der Waals surface area contributed by atoms with Gasteiger partial charge in [-0.05, 0) is 67.7 Å². The summed E-state index contributed by atoms with van der Waals surface area (Å²) >= 11 is 0. The summed E-state index contributed by atoms with van der Waals surface area (Å²) in [4.78, 5) is 17.5. The first-order valence-electron chi connectivity index (χ1n) is 11.5. The van der Waals surface area contributed by atoms with Crippen LogP contribution < -0.4 is 4.90 Å². The van der Waals surface area contributed by atoms with Crippen LogP contribution in [-0.2, 0) is 9.53 Å². The maximum Gasteiger partial charge on any atom is 0.310 e. The Balaban J connectivity index is 1.22. The topological polar surface area (TPSA) is 32.8 Å². The number of anilines is 1. The van der Waals surface area contributed by atoms with Gasteiger partial charge in [-0.15, -0.1) is 0 Å². The van der Waals surface area contributed by atoms with Crippen LogP contribution >= 0.6 is 0 Å². The first-order valence-corrected chi connectivity index (χ1v) is 11.5. The van der Waals surface area contributed by atoms with E-state index in [1.54, 1.807) is 0 Å². The highest BCUT2D eigenvalue weighted by Gasteiger charge is 2.55. The van der Waals surface area contributed by atoms with Gasteiger partial charge in [0.25, 0.3) is 0 Å². The average molecular weight is 413 g/mol. The van der Waals surface area contributed by atoms with Crippen LogP contribution in [0, 0.1) is 29.0 Å². The molecule has 0 aromatic heterocycles. The number of halogens is 1. The molecule has 0 bridgehead atoms. The van der Waals surface area contributed by atoms with Crippen molar-refractivity contribution in [2.75, 3.05) is 37.6 Å².